The summed E-state index contributed by atoms with van der Waals surface area (Å²) in [7, 11) is 0. The molecule has 0 atom stereocenters. The molecule has 0 aromatic heterocycles. The first-order valence-electron chi connectivity index (χ1n) is 6.58. The quantitative estimate of drug-likeness (QED) is 0.819. The monoisotopic (exact) mass is 353 g/mol. The van der Waals surface area contributed by atoms with Crippen LogP contribution in [0.5, 0.6) is 5.75 Å². The van der Waals surface area contributed by atoms with E-state index >= 15 is 0 Å². The van der Waals surface area contributed by atoms with Crippen molar-refractivity contribution in [2.45, 2.75) is 6.92 Å². The van der Waals surface area contributed by atoms with Crippen molar-refractivity contribution in [1.29, 1.82) is 0 Å². The number of anilines is 1. The van der Waals surface area contributed by atoms with Crippen molar-refractivity contribution in [3.05, 3.63) is 57.6 Å². The molecule has 120 valence electrons. The number of halogens is 2. The van der Waals surface area contributed by atoms with E-state index in [-0.39, 0.29) is 11.3 Å². The third kappa shape index (κ3) is 4.61. The topological polar surface area (TPSA) is 75.6 Å². The maximum absolute atomic E-state index is 11.9. The lowest BCUT2D eigenvalue weighted by atomic mass is 10.1. The molecule has 2 rings (SSSR count). The number of benzene rings is 2. The summed E-state index contributed by atoms with van der Waals surface area (Å²) in [6, 6.07) is 9.12. The zero-order valence-corrected chi connectivity index (χ0v) is 13.6. The molecule has 2 aromatic rings. The Kier molecular flexibility index (Phi) is 5.47. The number of rotatable bonds is 4. The van der Waals surface area contributed by atoms with Gasteiger partial charge in [-0.05, 0) is 37.3 Å². The number of hydrogen-bond acceptors (Lipinski definition) is 4. The van der Waals surface area contributed by atoms with Crippen LogP contribution in [0.4, 0.5) is 5.69 Å². The van der Waals surface area contributed by atoms with Gasteiger partial charge >= 0.3 is 5.97 Å². The molecule has 1 amide bonds. The van der Waals surface area contributed by atoms with Gasteiger partial charge in [-0.3, -0.25) is 4.79 Å². The highest BCUT2D eigenvalue weighted by atomic mass is 35.5. The number of phenolic OH excluding ortho intramolecular Hbond substituents is 1. The molecule has 2 N–H and O–H groups in total. The van der Waals surface area contributed by atoms with Crippen molar-refractivity contribution in [3.63, 3.8) is 0 Å². The molecule has 0 fully saturated rings. The Morgan fingerprint density at radius 1 is 1.17 bits per heavy atom. The lowest BCUT2D eigenvalue weighted by Gasteiger charge is -2.09. The van der Waals surface area contributed by atoms with Crippen LogP contribution in [0.2, 0.25) is 10.0 Å². The Labute approximate surface area is 142 Å². The Balaban J connectivity index is 1.97. The Hall–Kier alpha value is -2.24. The van der Waals surface area contributed by atoms with Gasteiger partial charge in [0.25, 0.3) is 5.91 Å². The summed E-state index contributed by atoms with van der Waals surface area (Å²) in [6.07, 6.45) is 0. The van der Waals surface area contributed by atoms with Crippen molar-refractivity contribution in [2.24, 2.45) is 0 Å². The van der Waals surface area contributed by atoms with Gasteiger partial charge in [-0.15, -0.1) is 0 Å². The minimum absolute atomic E-state index is 0.00131. The maximum atomic E-state index is 11.9. The van der Waals surface area contributed by atoms with Gasteiger partial charge in [0.2, 0.25) is 0 Å². The summed E-state index contributed by atoms with van der Waals surface area (Å²) in [4.78, 5) is 23.7. The average Bonchev–Trinajstić information content (AvgIpc) is 2.51. The van der Waals surface area contributed by atoms with Crippen molar-refractivity contribution >= 4 is 40.8 Å². The smallest absolute Gasteiger partial charge is 0.342 e. The zero-order valence-electron chi connectivity index (χ0n) is 12.1. The molecule has 2 aromatic carbocycles. The Morgan fingerprint density at radius 3 is 2.65 bits per heavy atom. The van der Waals surface area contributed by atoms with E-state index in [2.05, 4.69) is 5.32 Å². The van der Waals surface area contributed by atoms with E-state index in [1.807, 2.05) is 0 Å². The Morgan fingerprint density at radius 2 is 1.91 bits per heavy atom. The molecule has 7 heteroatoms. The first kappa shape index (κ1) is 17.1. The van der Waals surface area contributed by atoms with E-state index in [1.165, 1.54) is 24.3 Å². The second-order valence-electron chi connectivity index (χ2n) is 4.77. The molecule has 0 spiro atoms. The number of aryl methyl sites for hydroxylation is 1. The first-order valence-corrected chi connectivity index (χ1v) is 7.34. The molecule has 0 unspecified atom stereocenters. The van der Waals surface area contributed by atoms with Crippen LogP contribution in [0.15, 0.2) is 36.4 Å². The number of carbonyl (C=O) groups excluding carboxylic acids is 2. The van der Waals surface area contributed by atoms with Gasteiger partial charge in [0, 0.05) is 5.02 Å². The van der Waals surface area contributed by atoms with Crippen molar-refractivity contribution in [1.82, 2.24) is 0 Å². The normalized spacial score (nSPS) is 10.2. The van der Waals surface area contributed by atoms with Gasteiger partial charge in [0.15, 0.2) is 6.61 Å². The lowest BCUT2D eigenvalue weighted by Crippen LogP contribution is -2.21. The Bertz CT molecular complexity index is 762. The van der Waals surface area contributed by atoms with Crippen molar-refractivity contribution in [3.8, 4) is 5.75 Å². The number of amides is 1. The third-order valence-electron chi connectivity index (χ3n) is 2.91. The summed E-state index contributed by atoms with van der Waals surface area (Å²) in [5, 5.41) is 12.8. The third-order valence-corrected chi connectivity index (χ3v) is 3.47. The van der Waals surface area contributed by atoms with Crippen molar-refractivity contribution < 1.29 is 19.4 Å². The summed E-state index contributed by atoms with van der Waals surface area (Å²) in [6.45, 7) is 1.25. The zero-order chi connectivity index (χ0) is 17.0. The number of nitrogens with one attached hydrogen (secondary N) is 1. The van der Waals surface area contributed by atoms with Crippen LogP contribution in [0.25, 0.3) is 0 Å². The first-order chi connectivity index (χ1) is 10.9. The minimum Gasteiger partial charge on any atom is -0.507 e. The molecule has 0 bridgehead atoms. The largest absolute Gasteiger partial charge is 0.507 e. The van der Waals surface area contributed by atoms with E-state index < -0.39 is 18.5 Å². The van der Waals surface area contributed by atoms with Crippen LogP contribution >= 0.6 is 23.2 Å². The van der Waals surface area contributed by atoms with Crippen LogP contribution in [0.1, 0.15) is 15.9 Å². The number of aromatic hydroxyl groups is 1. The van der Waals surface area contributed by atoms with Gasteiger partial charge in [-0.1, -0.05) is 34.8 Å². The van der Waals surface area contributed by atoms with Crippen LogP contribution in [0, 0.1) is 6.92 Å². The standard InChI is InChI=1S/C16H13Cl2NO4/c1-9-2-5-14(20)11(6-9)16(22)23-8-15(21)19-13-7-10(17)3-4-12(13)18/h2-7,20H,8H2,1H3,(H,19,21). The second-order valence-corrected chi connectivity index (χ2v) is 5.61. The van der Waals surface area contributed by atoms with Crippen LogP contribution < -0.4 is 5.32 Å². The molecular weight excluding hydrogens is 341 g/mol. The highest BCUT2D eigenvalue weighted by molar-refractivity contribution is 6.35. The van der Waals surface area contributed by atoms with E-state index in [9.17, 15) is 14.7 Å². The predicted octanol–water partition coefficient (Wildman–Crippen LogP) is 3.80. The predicted molar refractivity (Wildman–Crippen MR) is 88.2 cm³/mol. The number of hydrogen-bond donors (Lipinski definition) is 2. The highest BCUT2D eigenvalue weighted by Crippen LogP contribution is 2.25. The molecule has 0 aliphatic carbocycles. The van der Waals surface area contributed by atoms with Crippen LogP contribution in [-0.4, -0.2) is 23.6 Å². The van der Waals surface area contributed by atoms with E-state index in [1.54, 1.807) is 19.1 Å². The number of phenols is 1. The van der Waals surface area contributed by atoms with Crippen LogP contribution in [-0.2, 0) is 9.53 Å². The van der Waals surface area contributed by atoms with E-state index in [0.29, 0.717) is 15.7 Å². The summed E-state index contributed by atoms with van der Waals surface area (Å²) in [5.74, 6) is -1.58. The van der Waals surface area contributed by atoms with Gasteiger partial charge < -0.3 is 15.2 Å². The molecule has 0 radical (unpaired) electrons. The van der Waals surface area contributed by atoms with E-state index in [4.69, 9.17) is 27.9 Å². The molecule has 0 saturated heterocycles. The van der Waals surface area contributed by atoms with Gasteiger partial charge in [0.05, 0.1) is 10.7 Å². The minimum atomic E-state index is -0.793. The van der Waals surface area contributed by atoms with Crippen molar-refractivity contribution in [2.75, 3.05) is 11.9 Å². The second kappa shape index (κ2) is 7.35. The fourth-order valence-corrected chi connectivity index (χ4v) is 2.14. The molecule has 0 saturated carbocycles. The molecule has 5 nitrogen and oxygen atoms in total. The molecule has 23 heavy (non-hydrogen) atoms. The van der Waals surface area contributed by atoms with E-state index in [0.717, 1.165) is 5.56 Å². The van der Waals surface area contributed by atoms with Crippen LogP contribution in [0.3, 0.4) is 0 Å². The summed E-state index contributed by atoms with van der Waals surface area (Å²) in [5.41, 5.74) is 1.10. The number of carbonyl (C=O) groups is 2. The number of ether oxygens (including phenoxy) is 1. The molecule has 0 aliphatic rings. The lowest BCUT2D eigenvalue weighted by molar-refractivity contribution is -0.119. The fraction of sp³-hybridized carbons (Fsp3) is 0.125. The molecule has 0 heterocycles. The maximum Gasteiger partial charge on any atom is 0.342 e. The summed E-state index contributed by atoms with van der Waals surface area (Å²) >= 11 is 11.7. The average molecular weight is 354 g/mol. The summed E-state index contributed by atoms with van der Waals surface area (Å²) < 4.78 is 4.88. The number of esters is 1. The molecule has 0 aliphatic heterocycles. The van der Waals surface area contributed by atoms with Gasteiger partial charge in [-0.2, -0.15) is 0 Å². The fourth-order valence-electron chi connectivity index (χ4n) is 1.80. The highest BCUT2D eigenvalue weighted by Gasteiger charge is 2.15. The SMILES string of the molecule is Cc1ccc(O)c(C(=O)OCC(=O)Nc2cc(Cl)ccc2Cl)c1. The van der Waals surface area contributed by atoms with Gasteiger partial charge in [0.1, 0.15) is 11.3 Å². The van der Waals surface area contributed by atoms with Gasteiger partial charge in [-0.25, -0.2) is 4.79 Å². The molecular formula is C16H13Cl2NO4.